The van der Waals surface area contributed by atoms with Crippen LogP contribution in [0.3, 0.4) is 0 Å². The third-order valence-corrected chi connectivity index (χ3v) is 9.10. The number of carbonyl (C=O) groups excluding carboxylic acids is 1. The van der Waals surface area contributed by atoms with Crippen LogP contribution in [0, 0.1) is 11.7 Å². The van der Waals surface area contributed by atoms with Gasteiger partial charge < -0.3 is 24.2 Å². The number of halogens is 2. The van der Waals surface area contributed by atoms with Gasteiger partial charge in [-0.2, -0.15) is 0 Å². The van der Waals surface area contributed by atoms with Gasteiger partial charge in [0, 0.05) is 57.0 Å². The summed E-state index contributed by atoms with van der Waals surface area (Å²) in [5.74, 6) is -1.67. The Hall–Kier alpha value is -2.89. The molecule has 1 amide bonds. The van der Waals surface area contributed by atoms with E-state index >= 15 is 4.39 Å². The number of benzene rings is 1. The number of hydrazine groups is 1. The van der Waals surface area contributed by atoms with Gasteiger partial charge >= 0.3 is 12.1 Å². The van der Waals surface area contributed by atoms with Gasteiger partial charge in [-0.1, -0.05) is 11.6 Å². The lowest BCUT2D eigenvalue weighted by Gasteiger charge is -2.39. The van der Waals surface area contributed by atoms with Crippen LogP contribution in [0.4, 0.5) is 14.9 Å². The third-order valence-electron chi connectivity index (χ3n) is 8.74. The van der Waals surface area contributed by atoms with Crippen molar-refractivity contribution in [2.45, 2.75) is 70.1 Å². The van der Waals surface area contributed by atoms with Gasteiger partial charge in [-0.3, -0.25) is 4.79 Å². The number of hydrogen-bond acceptors (Lipinski definition) is 7. The van der Waals surface area contributed by atoms with Crippen LogP contribution in [0.5, 0.6) is 0 Å². The minimum atomic E-state index is -1.33. The van der Waals surface area contributed by atoms with Crippen molar-refractivity contribution in [3.8, 4) is 0 Å². The van der Waals surface area contributed by atoms with E-state index in [1.807, 2.05) is 25.7 Å². The van der Waals surface area contributed by atoms with Gasteiger partial charge in [-0.05, 0) is 64.9 Å². The first-order chi connectivity index (χ1) is 19.4. The van der Waals surface area contributed by atoms with E-state index in [0.29, 0.717) is 44.8 Å². The molecule has 4 fully saturated rings. The predicted molar refractivity (Wildman–Crippen MR) is 153 cm³/mol. The molecule has 222 valence electrons. The lowest BCUT2D eigenvalue weighted by Crippen LogP contribution is -2.58. The van der Waals surface area contributed by atoms with E-state index in [-0.39, 0.29) is 45.3 Å². The summed E-state index contributed by atoms with van der Waals surface area (Å²) in [5, 5.41) is 11.9. The Morgan fingerprint density at radius 2 is 1.80 bits per heavy atom. The Morgan fingerprint density at radius 3 is 2.39 bits per heavy atom. The van der Waals surface area contributed by atoms with Gasteiger partial charge in [0.1, 0.15) is 17.0 Å². The number of aromatic nitrogens is 1. The lowest BCUT2D eigenvalue weighted by molar-refractivity contribution is 0.00402. The van der Waals surface area contributed by atoms with Crippen LogP contribution >= 0.6 is 11.6 Å². The molecule has 3 heterocycles. The van der Waals surface area contributed by atoms with Crippen molar-refractivity contribution in [2.24, 2.45) is 5.92 Å². The van der Waals surface area contributed by atoms with Gasteiger partial charge in [-0.15, -0.1) is 0 Å². The normalized spacial score (nSPS) is 22.8. The van der Waals surface area contributed by atoms with Crippen LogP contribution in [-0.4, -0.2) is 82.1 Å². The number of carbonyl (C=O) groups is 2. The molecule has 12 heteroatoms. The summed E-state index contributed by atoms with van der Waals surface area (Å²) < 4.78 is 22.9. The summed E-state index contributed by atoms with van der Waals surface area (Å²) in [5.41, 5.74) is 2.74. The fourth-order valence-corrected chi connectivity index (χ4v) is 6.73. The summed E-state index contributed by atoms with van der Waals surface area (Å²) in [6.45, 7) is 9.39. The molecule has 0 bridgehead atoms. The quantitative estimate of drug-likeness (QED) is 0.515. The zero-order valence-electron chi connectivity index (χ0n) is 23.7. The van der Waals surface area contributed by atoms with Gasteiger partial charge in [0.05, 0.1) is 21.6 Å². The zero-order valence-corrected chi connectivity index (χ0v) is 24.5. The molecule has 4 aliphatic rings. The van der Waals surface area contributed by atoms with Crippen LogP contribution in [0.25, 0.3) is 10.9 Å². The maximum atomic E-state index is 15.6. The molecule has 10 nitrogen and oxygen atoms in total. The Balaban J connectivity index is 1.17. The highest BCUT2D eigenvalue weighted by Gasteiger charge is 2.52. The first kappa shape index (κ1) is 28.2. The molecule has 6 rings (SSSR count). The van der Waals surface area contributed by atoms with E-state index in [4.69, 9.17) is 16.3 Å². The zero-order chi connectivity index (χ0) is 29.3. The van der Waals surface area contributed by atoms with Crippen molar-refractivity contribution in [2.75, 3.05) is 44.2 Å². The van der Waals surface area contributed by atoms with Crippen LogP contribution in [-0.2, 0) is 4.74 Å². The molecule has 0 radical (unpaired) electrons. The largest absolute Gasteiger partial charge is 0.477 e. The van der Waals surface area contributed by atoms with E-state index in [1.165, 1.54) is 6.20 Å². The molecule has 2 aliphatic heterocycles. The lowest BCUT2D eigenvalue weighted by atomic mass is 9.97. The van der Waals surface area contributed by atoms with Crippen molar-refractivity contribution in [3.63, 3.8) is 0 Å². The Bertz CT molecular complexity index is 1460. The highest BCUT2D eigenvalue weighted by molar-refractivity contribution is 6.38. The van der Waals surface area contributed by atoms with E-state index in [0.717, 1.165) is 38.2 Å². The average Bonchev–Trinajstić information content (AvgIpc) is 3.83. The fraction of sp³-hybridized carbons (Fsp3) is 0.621. The molecule has 2 aromatic rings. The molecule has 41 heavy (non-hydrogen) atoms. The molecule has 2 saturated heterocycles. The van der Waals surface area contributed by atoms with Crippen LogP contribution in [0.15, 0.2) is 17.1 Å². The van der Waals surface area contributed by atoms with Crippen LogP contribution in [0.1, 0.15) is 69.3 Å². The first-order valence-corrected chi connectivity index (χ1v) is 14.8. The van der Waals surface area contributed by atoms with Crippen molar-refractivity contribution in [3.05, 3.63) is 38.9 Å². The molecule has 1 unspecified atom stereocenters. The Kier molecular flexibility index (Phi) is 6.98. The van der Waals surface area contributed by atoms with Gasteiger partial charge in [0.15, 0.2) is 0 Å². The molecule has 2 N–H and O–H groups in total. The summed E-state index contributed by atoms with van der Waals surface area (Å²) in [4.78, 5) is 40.8. The number of piperazine rings is 1. The number of nitrogens with zero attached hydrogens (tertiary/aromatic N) is 4. The highest BCUT2D eigenvalue weighted by atomic mass is 35.5. The number of carboxylic acid groups (broad SMARTS) is 1. The molecule has 1 aromatic carbocycles. The first-order valence-electron chi connectivity index (χ1n) is 14.4. The maximum Gasteiger partial charge on any atom is 0.410 e. The second-order valence-corrected chi connectivity index (χ2v) is 13.3. The number of carboxylic acids is 1. The maximum absolute atomic E-state index is 15.6. The molecule has 1 aromatic heterocycles. The number of rotatable bonds is 6. The molecule has 0 spiro atoms. The number of ether oxygens (including phenoxy) is 1. The van der Waals surface area contributed by atoms with Gasteiger partial charge in [0.2, 0.25) is 5.43 Å². The van der Waals surface area contributed by atoms with E-state index in [9.17, 15) is 19.5 Å². The molecule has 2 saturated carbocycles. The topological polar surface area (TPSA) is 107 Å². The second-order valence-electron chi connectivity index (χ2n) is 12.9. The summed E-state index contributed by atoms with van der Waals surface area (Å²) in [7, 11) is 0. The SMILES string of the molecule is CC(C)(C)OC(=O)N1CCN(NC2(C3CCN(c4c(F)cc5c(=O)c(C(=O)O)cn(C6CC6)c5c4Cl)C3)CC2)CC1. The monoisotopic (exact) mass is 589 g/mol. The number of hydrogen-bond donors (Lipinski definition) is 2. The van der Waals surface area contributed by atoms with Gasteiger partial charge in [0.25, 0.3) is 0 Å². The number of fused-ring (bicyclic) bond motifs is 1. The highest BCUT2D eigenvalue weighted by Crippen LogP contribution is 2.49. The number of pyridine rings is 1. The number of nitrogens with one attached hydrogen (secondary N) is 1. The minimum absolute atomic E-state index is 0.00431. The molecular formula is C29H37ClFN5O5. The van der Waals surface area contributed by atoms with E-state index in [2.05, 4.69) is 10.4 Å². The Morgan fingerprint density at radius 1 is 1.12 bits per heavy atom. The predicted octanol–water partition coefficient (Wildman–Crippen LogP) is 4.24. The number of anilines is 1. The van der Waals surface area contributed by atoms with Crippen LogP contribution < -0.4 is 15.8 Å². The van der Waals surface area contributed by atoms with Gasteiger partial charge in [-0.25, -0.2) is 24.4 Å². The molecule has 2 aliphatic carbocycles. The van der Waals surface area contributed by atoms with Crippen molar-refractivity contribution >= 4 is 40.3 Å². The molecular weight excluding hydrogens is 553 g/mol. The molecule has 1 atom stereocenters. The Labute approximate surface area is 242 Å². The second kappa shape index (κ2) is 10.1. The van der Waals surface area contributed by atoms with Crippen molar-refractivity contribution in [1.82, 2.24) is 19.9 Å². The van der Waals surface area contributed by atoms with E-state index < -0.39 is 22.8 Å². The summed E-state index contributed by atoms with van der Waals surface area (Å²) in [6.07, 6.45) is 5.68. The number of amides is 1. The summed E-state index contributed by atoms with van der Waals surface area (Å²) >= 11 is 6.87. The number of aromatic carboxylic acids is 1. The smallest absolute Gasteiger partial charge is 0.410 e. The standard InChI is InChI=1S/C29H37ClFN5O5/c1-28(2,3)41-27(40)33-10-12-35(13-11-33)32-29(7-8-29)17-6-9-34(15-17)24-21(31)14-19-23(22(24)30)36(18-4-5-18)16-20(25(19)37)26(38)39/h14,16-18,32H,4-13,15H2,1-3H3,(H,38,39). The van der Waals surface area contributed by atoms with Crippen molar-refractivity contribution in [1.29, 1.82) is 0 Å². The third kappa shape index (κ3) is 5.39. The van der Waals surface area contributed by atoms with Crippen LogP contribution in [0.2, 0.25) is 5.02 Å². The van der Waals surface area contributed by atoms with E-state index in [1.54, 1.807) is 9.47 Å². The average molecular weight is 590 g/mol. The fourth-order valence-electron chi connectivity index (χ4n) is 6.32. The minimum Gasteiger partial charge on any atom is -0.477 e. The summed E-state index contributed by atoms with van der Waals surface area (Å²) in [6, 6.07) is 1.21. The van der Waals surface area contributed by atoms with Crippen molar-refractivity contribution < 1.29 is 23.8 Å².